The van der Waals surface area contributed by atoms with Crippen molar-refractivity contribution in [3.63, 3.8) is 0 Å². The van der Waals surface area contributed by atoms with Crippen LogP contribution in [0.25, 0.3) is 0 Å². The van der Waals surface area contributed by atoms with Gasteiger partial charge in [-0.1, -0.05) is 61.3 Å². The third-order valence-electron chi connectivity index (χ3n) is 3.35. The molecule has 0 saturated heterocycles. The molecular formula is C17H28BrN. The molecule has 108 valence electrons. The van der Waals surface area contributed by atoms with Gasteiger partial charge in [-0.25, -0.2) is 0 Å². The zero-order valence-corrected chi connectivity index (χ0v) is 14.6. The molecule has 0 bridgehead atoms. The second-order valence-electron chi connectivity index (χ2n) is 6.63. The van der Waals surface area contributed by atoms with Gasteiger partial charge in [0.2, 0.25) is 0 Å². The Morgan fingerprint density at radius 3 is 2.53 bits per heavy atom. The minimum absolute atomic E-state index is 0.391. The smallest absolute Gasteiger partial charge is 0.0331 e. The summed E-state index contributed by atoms with van der Waals surface area (Å²) in [7, 11) is 0. The van der Waals surface area contributed by atoms with Gasteiger partial charge in [0.1, 0.15) is 0 Å². The zero-order chi connectivity index (χ0) is 14.5. The Kier molecular flexibility index (Phi) is 6.55. The predicted octanol–water partition coefficient (Wildman–Crippen LogP) is 5.62. The summed E-state index contributed by atoms with van der Waals surface area (Å²) in [6, 6.07) is 7.09. The molecule has 0 aliphatic rings. The second kappa shape index (κ2) is 7.44. The van der Waals surface area contributed by atoms with Crippen LogP contribution in [0.5, 0.6) is 0 Å². The van der Waals surface area contributed by atoms with Gasteiger partial charge in [0.25, 0.3) is 0 Å². The van der Waals surface area contributed by atoms with Crippen LogP contribution in [-0.4, -0.2) is 6.54 Å². The number of halogens is 1. The van der Waals surface area contributed by atoms with Gasteiger partial charge >= 0.3 is 0 Å². The highest BCUT2D eigenvalue weighted by Gasteiger charge is 2.18. The minimum Gasteiger partial charge on any atom is -0.310 e. The monoisotopic (exact) mass is 325 g/mol. The van der Waals surface area contributed by atoms with Crippen LogP contribution >= 0.6 is 15.9 Å². The fraction of sp³-hybridized carbons (Fsp3) is 0.647. The molecule has 0 aliphatic carbocycles. The number of benzene rings is 1. The van der Waals surface area contributed by atoms with Crippen LogP contribution in [-0.2, 0) is 0 Å². The van der Waals surface area contributed by atoms with Crippen LogP contribution in [0.3, 0.4) is 0 Å². The molecule has 0 aliphatic heterocycles. The second-order valence-corrected chi connectivity index (χ2v) is 7.49. The van der Waals surface area contributed by atoms with E-state index in [2.05, 4.69) is 74.1 Å². The predicted molar refractivity (Wildman–Crippen MR) is 88.6 cm³/mol. The standard InChI is InChI=1S/C17H28BrN/c1-6-11-19-16(9-10-17(3,4)5)14-12-13(2)7-8-15(14)18/h7-8,12,16,19H,6,9-11H2,1-5H3. The Bertz CT molecular complexity index is 393. The maximum absolute atomic E-state index is 3.70. The van der Waals surface area contributed by atoms with Gasteiger partial charge in [0.15, 0.2) is 0 Å². The van der Waals surface area contributed by atoms with Crippen LogP contribution in [0.4, 0.5) is 0 Å². The molecule has 1 atom stereocenters. The van der Waals surface area contributed by atoms with E-state index in [0.717, 1.165) is 6.54 Å². The summed E-state index contributed by atoms with van der Waals surface area (Å²) in [6.07, 6.45) is 3.59. The van der Waals surface area contributed by atoms with Gasteiger partial charge in [-0.05, 0) is 49.8 Å². The molecule has 0 saturated carbocycles. The zero-order valence-electron chi connectivity index (χ0n) is 13.0. The molecule has 1 aromatic rings. The number of aryl methyl sites for hydroxylation is 1. The summed E-state index contributed by atoms with van der Waals surface area (Å²) < 4.78 is 1.22. The van der Waals surface area contributed by atoms with Gasteiger partial charge < -0.3 is 5.32 Å². The maximum Gasteiger partial charge on any atom is 0.0331 e. The van der Waals surface area contributed by atoms with E-state index in [9.17, 15) is 0 Å². The molecule has 19 heavy (non-hydrogen) atoms. The molecule has 1 rings (SSSR count). The first-order valence-electron chi connectivity index (χ1n) is 7.33. The molecule has 1 N–H and O–H groups in total. The van der Waals surface area contributed by atoms with Crippen molar-refractivity contribution in [2.75, 3.05) is 6.54 Å². The Morgan fingerprint density at radius 2 is 1.95 bits per heavy atom. The van der Waals surface area contributed by atoms with E-state index in [1.165, 1.54) is 34.9 Å². The number of hydrogen-bond acceptors (Lipinski definition) is 1. The van der Waals surface area contributed by atoms with Crippen molar-refractivity contribution in [3.05, 3.63) is 33.8 Å². The third kappa shape index (κ3) is 6.09. The fourth-order valence-corrected chi connectivity index (χ4v) is 2.72. The van der Waals surface area contributed by atoms with Crippen molar-refractivity contribution in [1.82, 2.24) is 5.32 Å². The first-order valence-corrected chi connectivity index (χ1v) is 8.12. The van der Waals surface area contributed by atoms with E-state index in [4.69, 9.17) is 0 Å². The summed E-state index contributed by atoms with van der Waals surface area (Å²) in [4.78, 5) is 0. The summed E-state index contributed by atoms with van der Waals surface area (Å²) in [6.45, 7) is 12.4. The van der Waals surface area contributed by atoms with E-state index in [1.54, 1.807) is 0 Å². The summed E-state index contributed by atoms with van der Waals surface area (Å²) in [5, 5.41) is 3.70. The average Bonchev–Trinajstić information content (AvgIpc) is 2.32. The normalized spacial score (nSPS) is 13.6. The summed E-state index contributed by atoms with van der Waals surface area (Å²) in [5.41, 5.74) is 3.12. The quantitative estimate of drug-likeness (QED) is 0.715. The first-order chi connectivity index (χ1) is 8.83. The molecule has 0 spiro atoms. The van der Waals surface area contributed by atoms with Crippen molar-refractivity contribution >= 4 is 15.9 Å². The minimum atomic E-state index is 0.391. The fourth-order valence-electron chi connectivity index (χ4n) is 2.19. The Balaban J connectivity index is 2.85. The van der Waals surface area contributed by atoms with Crippen LogP contribution in [0.15, 0.2) is 22.7 Å². The Morgan fingerprint density at radius 1 is 1.26 bits per heavy atom. The molecule has 2 heteroatoms. The molecule has 0 amide bonds. The molecule has 0 aromatic heterocycles. The number of nitrogens with one attached hydrogen (secondary N) is 1. The molecule has 0 heterocycles. The highest BCUT2D eigenvalue weighted by atomic mass is 79.9. The molecule has 0 radical (unpaired) electrons. The molecule has 1 nitrogen and oxygen atoms in total. The molecule has 1 unspecified atom stereocenters. The first kappa shape index (κ1) is 16.7. The SMILES string of the molecule is CCCNC(CCC(C)(C)C)c1cc(C)ccc1Br. The van der Waals surface area contributed by atoms with Gasteiger partial charge in [0.05, 0.1) is 0 Å². The van der Waals surface area contributed by atoms with Gasteiger partial charge in [-0.3, -0.25) is 0 Å². The van der Waals surface area contributed by atoms with Crippen LogP contribution < -0.4 is 5.32 Å². The van der Waals surface area contributed by atoms with Crippen molar-refractivity contribution in [3.8, 4) is 0 Å². The Labute approximate surface area is 127 Å². The van der Waals surface area contributed by atoms with Gasteiger partial charge in [0, 0.05) is 10.5 Å². The van der Waals surface area contributed by atoms with E-state index in [1.807, 2.05) is 0 Å². The lowest BCUT2D eigenvalue weighted by Gasteiger charge is -2.25. The number of rotatable bonds is 6. The highest BCUT2D eigenvalue weighted by Crippen LogP contribution is 2.31. The lowest BCUT2D eigenvalue weighted by atomic mass is 9.87. The van der Waals surface area contributed by atoms with Crippen LogP contribution in [0, 0.1) is 12.3 Å². The van der Waals surface area contributed by atoms with E-state index in [-0.39, 0.29) is 0 Å². The van der Waals surface area contributed by atoms with Gasteiger partial charge in [-0.15, -0.1) is 0 Å². The largest absolute Gasteiger partial charge is 0.310 e. The topological polar surface area (TPSA) is 12.0 Å². The average molecular weight is 326 g/mol. The third-order valence-corrected chi connectivity index (χ3v) is 4.07. The van der Waals surface area contributed by atoms with E-state index in [0.29, 0.717) is 11.5 Å². The summed E-state index contributed by atoms with van der Waals surface area (Å²) >= 11 is 3.70. The van der Waals surface area contributed by atoms with Crippen LogP contribution in [0.1, 0.15) is 64.1 Å². The van der Waals surface area contributed by atoms with Crippen molar-refractivity contribution < 1.29 is 0 Å². The highest BCUT2D eigenvalue weighted by molar-refractivity contribution is 9.10. The molecule has 1 aromatic carbocycles. The van der Waals surface area contributed by atoms with E-state index >= 15 is 0 Å². The maximum atomic E-state index is 3.70. The van der Waals surface area contributed by atoms with Crippen molar-refractivity contribution in [2.45, 2.75) is 59.9 Å². The van der Waals surface area contributed by atoms with E-state index < -0.39 is 0 Å². The Hall–Kier alpha value is -0.340. The lowest BCUT2D eigenvalue weighted by molar-refractivity contribution is 0.332. The lowest BCUT2D eigenvalue weighted by Crippen LogP contribution is -2.24. The van der Waals surface area contributed by atoms with Crippen molar-refractivity contribution in [1.29, 1.82) is 0 Å². The number of hydrogen-bond donors (Lipinski definition) is 1. The van der Waals surface area contributed by atoms with Crippen molar-refractivity contribution in [2.24, 2.45) is 5.41 Å². The molecule has 0 fully saturated rings. The van der Waals surface area contributed by atoms with Crippen LogP contribution in [0.2, 0.25) is 0 Å². The molecular weight excluding hydrogens is 298 g/mol. The van der Waals surface area contributed by atoms with Gasteiger partial charge in [-0.2, -0.15) is 0 Å². The summed E-state index contributed by atoms with van der Waals surface area (Å²) in [5.74, 6) is 0.